The lowest BCUT2D eigenvalue weighted by atomic mass is 9.99. The summed E-state index contributed by atoms with van der Waals surface area (Å²) in [6.45, 7) is 0. The van der Waals surface area contributed by atoms with Crippen LogP contribution in [0.1, 0.15) is 0 Å². The maximum absolute atomic E-state index is 11.1. The Morgan fingerprint density at radius 2 is 1.87 bits per heavy atom. The van der Waals surface area contributed by atoms with Gasteiger partial charge >= 0.3 is 5.97 Å². The van der Waals surface area contributed by atoms with Crippen LogP contribution in [0.3, 0.4) is 0 Å². The van der Waals surface area contributed by atoms with E-state index >= 15 is 0 Å². The van der Waals surface area contributed by atoms with Crippen molar-refractivity contribution in [3.05, 3.63) is 0 Å². The van der Waals surface area contributed by atoms with Crippen LogP contribution in [0.25, 0.3) is 0 Å². The molecule has 3 N–H and O–H groups in total. The Morgan fingerprint density at radius 1 is 1.27 bits per heavy atom. The second-order valence-corrected chi connectivity index (χ2v) is 3.38. The van der Waals surface area contributed by atoms with Crippen molar-refractivity contribution >= 4 is 22.2 Å². The van der Waals surface area contributed by atoms with Crippen LogP contribution < -0.4 is 0 Å². The van der Waals surface area contributed by atoms with Gasteiger partial charge < -0.3 is 24.8 Å². The molecule has 8 heteroatoms. The van der Waals surface area contributed by atoms with E-state index in [2.05, 4.69) is 24.8 Å². The molecule has 1 aliphatic rings. The minimum atomic E-state index is -1.56. The summed E-state index contributed by atoms with van der Waals surface area (Å²) < 4.78 is 13.7. The van der Waals surface area contributed by atoms with E-state index in [0.717, 1.165) is 7.11 Å². The Labute approximate surface area is 94.0 Å². The molecule has 1 saturated heterocycles. The van der Waals surface area contributed by atoms with Gasteiger partial charge in [-0.3, -0.25) is 3.83 Å². The second-order valence-electron chi connectivity index (χ2n) is 3.01. The predicted octanol–water partition coefficient (Wildman–Crippen LogP) is -1.71. The molecule has 1 fully saturated rings. The zero-order chi connectivity index (χ0) is 11.6. The maximum Gasteiger partial charge on any atom is 0.337 e. The lowest BCUT2D eigenvalue weighted by molar-refractivity contribution is -0.267. The average Bonchev–Trinajstić information content (AvgIpc) is 2.25. The van der Waals surface area contributed by atoms with Gasteiger partial charge in [0.05, 0.1) is 7.11 Å². The smallest absolute Gasteiger partial charge is 0.337 e. The fraction of sp³-hybridized carbons (Fsp3) is 0.857. The first-order valence-corrected chi connectivity index (χ1v) is 4.72. The van der Waals surface area contributed by atoms with Crippen molar-refractivity contribution < 1.29 is 33.4 Å². The van der Waals surface area contributed by atoms with E-state index < -0.39 is 36.7 Å². The van der Waals surface area contributed by atoms with Crippen molar-refractivity contribution in [3.8, 4) is 0 Å². The van der Waals surface area contributed by atoms with E-state index in [4.69, 9.17) is 4.74 Å². The lowest BCUT2D eigenvalue weighted by Crippen LogP contribution is -2.60. The Morgan fingerprint density at radius 3 is 2.33 bits per heavy atom. The van der Waals surface area contributed by atoms with Crippen LogP contribution in [0.5, 0.6) is 0 Å². The summed E-state index contributed by atoms with van der Waals surface area (Å²) in [6, 6.07) is 0. The topological polar surface area (TPSA) is 105 Å². The van der Waals surface area contributed by atoms with Gasteiger partial charge in [-0.05, 0) is 0 Å². The third-order valence-electron chi connectivity index (χ3n) is 2.09. The molecule has 1 unspecified atom stereocenters. The second kappa shape index (κ2) is 5.19. The van der Waals surface area contributed by atoms with E-state index in [1.807, 2.05) is 0 Å². The Hall–Kier alpha value is -0.250. The molecule has 1 heterocycles. The zero-order valence-electron chi connectivity index (χ0n) is 7.74. The number of hydrogen-bond donors (Lipinski definition) is 3. The number of ether oxygens (including phenoxy) is 2. The lowest BCUT2D eigenvalue weighted by Gasteiger charge is -2.37. The van der Waals surface area contributed by atoms with Crippen molar-refractivity contribution in [2.24, 2.45) is 0 Å². The molecule has 0 aliphatic carbocycles. The monoisotopic (exact) mass is 286 g/mol. The summed E-state index contributed by atoms with van der Waals surface area (Å²) >= 11 is 2.57. The van der Waals surface area contributed by atoms with Crippen LogP contribution in [-0.4, -0.2) is 59.1 Å². The van der Waals surface area contributed by atoms with E-state index in [0.29, 0.717) is 0 Å². The maximum atomic E-state index is 11.1. The van der Waals surface area contributed by atoms with Crippen molar-refractivity contribution in [1.82, 2.24) is 0 Å². The van der Waals surface area contributed by atoms with Gasteiger partial charge in [0, 0.05) is 0 Å². The number of aliphatic hydroxyl groups excluding tert-OH is 3. The average molecular weight is 287 g/mol. The van der Waals surface area contributed by atoms with Gasteiger partial charge in [0.2, 0.25) is 0 Å². The first kappa shape index (κ1) is 12.8. The molecule has 0 saturated carbocycles. The number of aliphatic hydroxyl groups is 3. The van der Waals surface area contributed by atoms with Gasteiger partial charge in [0.25, 0.3) is 0 Å². The number of esters is 1. The number of hydrogen-bond acceptors (Lipinski definition) is 7. The largest absolute Gasteiger partial charge is 0.467 e. The van der Waals surface area contributed by atoms with Gasteiger partial charge in [-0.15, -0.1) is 0 Å². The molecule has 15 heavy (non-hydrogen) atoms. The number of carbonyl (C=O) groups excluding carboxylic acids is 1. The van der Waals surface area contributed by atoms with Gasteiger partial charge in [0.1, 0.15) is 34.6 Å². The molecule has 1 rings (SSSR count). The van der Waals surface area contributed by atoms with E-state index in [-0.39, 0.29) is 0 Å². The SMILES string of the molecule is COC(=O)[C@H]1OC(OBr)[C@H](O)[C@@H](O)[C@@H]1O. The summed E-state index contributed by atoms with van der Waals surface area (Å²) in [6.07, 6.45) is -7.22. The first-order chi connectivity index (χ1) is 7.02. The zero-order valence-corrected chi connectivity index (χ0v) is 9.33. The predicted molar refractivity (Wildman–Crippen MR) is 48.7 cm³/mol. The van der Waals surface area contributed by atoms with Crippen LogP contribution in [0.15, 0.2) is 0 Å². The molecular weight excluding hydrogens is 276 g/mol. The Balaban J connectivity index is 2.78. The summed E-state index contributed by atoms with van der Waals surface area (Å²) in [5, 5.41) is 28.1. The molecule has 0 amide bonds. The fourth-order valence-electron chi connectivity index (χ4n) is 1.23. The highest BCUT2D eigenvalue weighted by molar-refractivity contribution is 9.06. The minimum Gasteiger partial charge on any atom is -0.467 e. The van der Waals surface area contributed by atoms with Gasteiger partial charge in [-0.1, -0.05) is 0 Å². The van der Waals surface area contributed by atoms with Crippen LogP contribution in [0.4, 0.5) is 0 Å². The van der Waals surface area contributed by atoms with E-state index in [1.165, 1.54) is 0 Å². The highest BCUT2D eigenvalue weighted by Crippen LogP contribution is 2.23. The molecule has 0 bridgehead atoms. The minimum absolute atomic E-state index is 0.858. The first-order valence-electron chi connectivity index (χ1n) is 4.07. The molecule has 0 spiro atoms. The standard InChI is InChI=1S/C7H11BrO7/c1-13-6(12)5-3(10)2(9)4(11)7(14-5)15-8/h2-5,7,9-11H,1H3/t2-,3-,4+,5-,7?/m0/s1. The van der Waals surface area contributed by atoms with Crippen molar-refractivity contribution in [1.29, 1.82) is 0 Å². The van der Waals surface area contributed by atoms with Gasteiger partial charge in [-0.25, -0.2) is 4.79 Å². The van der Waals surface area contributed by atoms with Crippen LogP contribution in [-0.2, 0) is 18.1 Å². The number of halogens is 1. The number of rotatable bonds is 2. The highest BCUT2D eigenvalue weighted by Gasteiger charge is 2.47. The summed E-state index contributed by atoms with van der Waals surface area (Å²) in [5.74, 6) is -0.858. The van der Waals surface area contributed by atoms with E-state index in [1.54, 1.807) is 0 Å². The number of carbonyl (C=O) groups is 1. The molecule has 0 aromatic heterocycles. The Kier molecular flexibility index (Phi) is 4.44. The van der Waals surface area contributed by atoms with E-state index in [9.17, 15) is 20.1 Å². The fourth-order valence-corrected chi connectivity index (χ4v) is 1.54. The third-order valence-corrected chi connectivity index (χ3v) is 2.46. The van der Waals surface area contributed by atoms with Crippen molar-refractivity contribution in [3.63, 3.8) is 0 Å². The number of methoxy groups -OCH3 is 1. The van der Waals surface area contributed by atoms with Crippen LogP contribution in [0.2, 0.25) is 0 Å². The van der Waals surface area contributed by atoms with Gasteiger partial charge in [0.15, 0.2) is 12.4 Å². The molecule has 0 aromatic rings. The molecule has 1 aliphatic heterocycles. The molecule has 5 atom stereocenters. The molecule has 0 aromatic carbocycles. The summed E-state index contributed by atoms with van der Waals surface area (Å²) in [7, 11) is 1.11. The quantitative estimate of drug-likeness (QED) is 0.519. The van der Waals surface area contributed by atoms with Crippen LogP contribution >= 0.6 is 16.3 Å². The normalized spacial score (nSPS) is 41.3. The molecule has 88 valence electrons. The summed E-state index contributed by atoms with van der Waals surface area (Å²) in [4.78, 5) is 11.1. The molecule has 0 radical (unpaired) electrons. The third kappa shape index (κ3) is 2.47. The summed E-state index contributed by atoms with van der Waals surface area (Å²) in [5.41, 5.74) is 0. The highest BCUT2D eigenvalue weighted by atomic mass is 79.9. The van der Waals surface area contributed by atoms with Crippen molar-refractivity contribution in [2.75, 3.05) is 7.11 Å². The molecular formula is C7H11BrO7. The van der Waals surface area contributed by atoms with Crippen molar-refractivity contribution in [2.45, 2.75) is 30.7 Å². The molecule has 7 nitrogen and oxygen atoms in total. The van der Waals surface area contributed by atoms with Crippen LogP contribution in [0, 0.1) is 0 Å². The Bertz CT molecular complexity index is 233. The van der Waals surface area contributed by atoms with Gasteiger partial charge in [-0.2, -0.15) is 0 Å².